The predicted molar refractivity (Wildman–Crippen MR) is 112 cm³/mol. The van der Waals surface area contributed by atoms with Gasteiger partial charge in [-0.05, 0) is 53.6 Å². The van der Waals surface area contributed by atoms with E-state index >= 15 is 0 Å². The van der Waals surface area contributed by atoms with E-state index in [0.717, 1.165) is 29.7 Å². The fourth-order valence-corrected chi connectivity index (χ4v) is 4.80. The van der Waals surface area contributed by atoms with Crippen molar-refractivity contribution in [3.63, 3.8) is 0 Å². The lowest BCUT2D eigenvalue weighted by atomic mass is 10.0. The van der Waals surface area contributed by atoms with Crippen LogP contribution < -0.4 is 16.4 Å². The first-order valence-corrected chi connectivity index (χ1v) is 10.4. The Labute approximate surface area is 174 Å². The maximum Gasteiger partial charge on any atom is 0.255 e. The number of hydrogen-bond acceptors (Lipinski definition) is 5. The van der Waals surface area contributed by atoms with Crippen LogP contribution in [0.4, 0.5) is 5.69 Å². The lowest BCUT2D eigenvalue weighted by Crippen LogP contribution is -2.52. The molecule has 0 bridgehead atoms. The Bertz CT molecular complexity index is 1060. The van der Waals surface area contributed by atoms with Crippen LogP contribution in [-0.2, 0) is 35.5 Å². The number of nitrogens with two attached hydrogens (primary N) is 1. The molecule has 2 aromatic rings. The van der Waals surface area contributed by atoms with Crippen molar-refractivity contribution in [2.75, 3.05) is 5.32 Å². The summed E-state index contributed by atoms with van der Waals surface area (Å²) in [6.07, 6.45) is 2.44. The van der Waals surface area contributed by atoms with Crippen LogP contribution >= 0.6 is 0 Å². The number of nitrogens with zero attached hydrogens (tertiary/aromatic N) is 1. The summed E-state index contributed by atoms with van der Waals surface area (Å²) in [7, 11) is 0. The van der Waals surface area contributed by atoms with Crippen molar-refractivity contribution in [1.82, 2.24) is 10.2 Å². The monoisotopic (exact) mass is 404 g/mol. The molecule has 4 N–H and O–H groups in total. The zero-order valence-electron chi connectivity index (χ0n) is 16.6. The molecule has 30 heavy (non-hydrogen) atoms. The standard InChI is InChI=1S/C23H24N4O3/c24-17-8-13-4-5-18(10-16(13)9-17)25-11-14-2-1-3-15-12-27(23(30)21(14)15)19-6-7-20(28)26-22(19)29/h1-5,10,17,19,25H,6-9,11-12,24H2,(H,26,28,29). The van der Waals surface area contributed by atoms with E-state index in [1.807, 2.05) is 18.2 Å². The number of benzene rings is 2. The highest BCUT2D eigenvalue weighted by atomic mass is 16.2. The van der Waals surface area contributed by atoms with E-state index in [2.05, 4.69) is 28.8 Å². The Hall–Kier alpha value is -3.19. The molecule has 5 rings (SSSR count). The molecule has 7 heteroatoms. The number of hydrogen-bond donors (Lipinski definition) is 3. The normalized spacial score (nSPS) is 22.7. The summed E-state index contributed by atoms with van der Waals surface area (Å²) in [6.45, 7) is 0.911. The average Bonchev–Trinajstić information content (AvgIpc) is 3.25. The molecule has 2 atom stereocenters. The van der Waals surface area contributed by atoms with Crippen molar-refractivity contribution in [3.05, 3.63) is 64.2 Å². The third-order valence-electron chi connectivity index (χ3n) is 6.29. The van der Waals surface area contributed by atoms with Gasteiger partial charge in [-0.1, -0.05) is 24.3 Å². The number of rotatable bonds is 4. The van der Waals surface area contributed by atoms with E-state index in [1.54, 1.807) is 4.90 Å². The molecular formula is C23H24N4O3. The number of carbonyl (C=O) groups is 3. The summed E-state index contributed by atoms with van der Waals surface area (Å²) < 4.78 is 0. The van der Waals surface area contributed by atoms with Gasteiger partial charge in [-0.3, -0.25) is 19.7 Å². The highest BCUT2D eigenvalue weighted by Crippen LogP contribution is 2.31. The molecule has 1 aliphatic carbocycles. The Morgan fingerprint density at radius 3 is 2.73 bits per heavy atom. The van der Waals surface area contributed by atoms with Gasteiger partial charge in [-0.2, -0.15) is 0 Å². The topological polar surface area (TPSA) is 105 Å². The number of anilines is 1. The van der Waals surface area contributed by atoms with E-state index in [1.165, 1.54) is 11.1 Å². The summed E-state index contributed by atoms with van der Waals surface area (Å²) in [4.78, 5) is 38.5. The van der Waals surface area contributed by atoms with Crippen LogP contribution in [0.3, 0.4) is 0 Å². The molecule has 1 saturated heterocycles. The van der Waals surface area contributed by atoms with Gasteiger partial charge in [0.1, 0.15) is 6.04 Å². The second-order valence-corrected chi connectivity index (χ2v) is 8.36. The molecule has 0 saturated carbocycles. The number of fused-ring (bicyclic) bond motifs is 2. The summed E-state index contributed by atoms with van der Waals surface area (Å²) >= 11 is 0. The highest BCUT2D eigenvalue weighted by Gasteiger charge is 2.39. The van der Waals surface area contributed by atoms with Crippen LogP contribution in [0.15, 0.2) is 36.4 Å². The van der Waals surface area contributed by atoms with Crippen molar-refractivity contribution in [2.45, 2.75) is 50.9 Å². The van der Waals surface area contributed by atoms with Crippen molar-refractivity contribution < 1.29 is 14.4 Å². The first-order chi connectivity index (χ1) is 14.5. The third kappa shape index (κ3) is 3.25. The largest absolute Gasteiger partial charge is 0.381 e. The van der Waals surface area contributed by atoms with E-state index in [0.29, 0.717) is 25.1 Å². The van der Waals surface area contributed by atoms with Crippen molar-refractivity contribution >= 4 is 23.4 Å². The molecule has 2 aromatic carbocycles. The zero-order chi connectivity index (χ0) is 20.8. The van der Waals surface area contributed by atoms with Crippen LogP contribution in [0.2, 0.25) is 0 Å². The van der Waals surface area contributed by atoms with Gasteiger partial charge in [-0.25, -0.2) is 0 Å². The molecule has 154 valence electrons. The fraction of sp³-hybridized carbons (Fsp3) is 0.348. The minimum Gasteiger partial charge on any atom is -0.381 e. The highest BCUT2D eigenvalue weighted by molar-refractivity contribution is 6.06. The molecule has 2 heterocycles. The van der Waals surface area contributed by atoms with E-state index in [-0.39, 0.29) is 30.2 Å². The molecule has 3 aliphatic rings. The summed E-state index contributed by atoms with van der Waals surface area (Å²) in [6, 6.07) is 11.7. The summed E-state index contributed by atoms with van der Waals surface area (Å²) in [5.74, 6) is -0.805. The quantitative estimate of drug-likeness (QED) is 0.670. The molecule has 2 aliphatic heterocycles. The van der Waals surface area contributed by atoms with Gasteiger partial charge in [0, 0.05) is 36.8 Å². The number of nitrogens with one attached hydrogen (secondary N) is 2. The van der Waals surface area contributed by atoms with Gasteiger partial charge in [0.05, 0.1) is 0 Å². The van der Waals surface area contributed by atoms with E-state index < -0.39 is 6.04 Å². The molecule has 2 unspecified atom stereocenters. The van der Waals surface area contributed by atoms with Gasteiger partial charge in [0.2, 0.25) is 11.8 Å². The minimum atomic E-state index is -0.593. The maximum absolute atomic E-state index is 13.2. The number of carbonyl (C=O) groups excluding carboxylic acids is 3. The van der Waals surface area contributed by atoms with Gasteiger partial charge < -0.3 is 16.0 Å². The average molecular weight is 404 g/mol. The molecule has 7 nitrogen and oxygen atoms in total. The predicted octanol–water partition coefficient (Wildman–Crippen LogP) is 1.49. The number of imide groups is 1. The Morgan fingerprint density at radius 2 is 1.90 bits per heavy atom. The van der Waals surface area contributed by atoms with Crippen molar-refractivity contribution in [1.29, 1.82) is 0 Å². The van der Waals surface area contributed by atoms with Gasteiger partial charge in [-0.15, -0.1) is 0 Å². The molecule has 0 spiro atoms. The van der Waals surface area contributed by atoms with Gasteiger partial charge >= 0.3 is 0 Å². The van der Waals surface area contributed by atoms with E-state index in [9.17, 15) is 14.4 Å². The van der Waals surface area contributed by atoms with Crippen LogP contribution in [0.5, 0.6) is 0 Å². The maximum atomic E-state index is 13.2. The minimum absolute atomic E-state index is 0.142. The van der Waals surface area contributed by atoms with Crippen LogP contribution in [-0.4, -0.2) is 34.7 Å². The smallest absolute Gasteiger partial charge is 0.255 e. The number of piperidine rings is 1. The van der Waals surface area contributed by atoms with Gasteiger partial charge in [0.25, 0.3) is 5.91 Å². The Morgan fingerprint density at radius 1 is 1.07 bits per heavy atom. The second-order valence-electron chi connectivity index (χ2n) is 8.36. The van der Waals surface area contributed by atoms with Gasteiger partial charge in [0.15, 0.2) is 0 Å². The SMILES string of the molecule is NC1Cc2ccc(NCc3cccc4c3C(=O)N(C3CCC(=O)NC3=O)C4)cc2C1. The van der Waals surface area contributed by atoms with Crippen LogP contribution in [0, 0.1) is 0 Å². The lowest BCUT2D eigenvalue weighted by molar-refractivity contribution is -0.136. The lowest BCUT2D eigenvalue weighted by Gasteiger charge is -2.29. The molecular weight excluding hydrogens is 380 g/mol. The molecule has 0 radical (unpaired) electrons. The molecule has 3 amide bonds. The first-order valence-electron chi connectivity index (χ1n) is 10.4. The van der Waals surface area contributed by atoms with Crippen molar-refractivity contribution in [3.8, 4) is 0 Å². The number of amides is 3. The Kier molecular flexibility index (Phi) is 4.55. The summed E-state index contributed by atoms with van der Waals surface area (Å²) in [5.41, 5.74) is 12.2. The first kappa shape index (κ1) is 18.8. The Balaban J connectivity index is 1.33. The third-order valence-corrected chi connectivity index (χ3v) is 6.29. The molecule has 1 fully saturated rings. The molecule has 0 aromatic heterocycles. The second kappa shape index (κ2) is 7.25. The van der Waals surface area contributed by atoms with Crippen LogP contribution in [0.1, 0.15) is 45.5 Å². The summed E-state index contributed by atoms with van der Waals surface area (Å²) in [5, 5.41) is 5.77. The zero-order valence-corrected chi connectivity index (χ0v) is 16.6. The fourth-order valence-electron chi connectivity index (χ4n) is 4.80. The van der Waals surface area contributed by atoms with E-state index in [4.69, 9.17) is 5.73 Å². The van der Waals surface area contributed by atoms with Crippen LogP contribution in [0.25, 0.3) is 0 Å². The van der Waals surface area contributed by atoms with Crippen molar-refractivity contribution in [2.24, 2.45) is 5.73 Å².